The van der Waals surface area contributed by atoms with Gasteiger partial charge in [-0.1, -0.05) is 30.3 Å². The quantitative estimate of drug-likeness (QED) is 0.857. The normalized spacial score (nSPS) is 16.4. The van der Waals surface area contributed by atoms with E-state index in [-0.39, 0.29) is 5.91 Å². The first-order valence-electron chi connectivity index (χ1n) is 8.22. The number of aryl methyl sites for hydroxylation is 2. The molecule has 0 atom stereocenters. The van der Waals surface area contributed by atoms with Gasteiger partial charge >= 0.3 is 0 Å². The van der Waals surface area contributed by atoms with Gasteiger partial charge in [-0.2, -0.15) is 0 Å². The molecule has 0 unspecified atom stereocenters. The van der Waals surface area contributed by atoms with E-state index in [2.05, 4.69) is 22.4 Å². The summed E-state index contributed by atoms with van der Waals surface area (Å²) in [6.45, 7) is 1.17. The van der Waals surface area contributed by atoms with Gasteiger partial charge in [-0.25, -0.2) is 4.98 Å². The summed E-state index contributed by atoms with van der Waals surface area (Å²) >= 11 is 0. The predicted octanol–water partition coefficient (Wildman–Crippen LogP) is 2.05. The molecule has 0 spiro atoms. The first-order chi connectivity index (χ1) is 11.2. The second-order valence-electron chi connectivity index (χ2n) is 6.19. The summed E-state index contributed by atoms with van der Waals surface area (Å²) in [6.07, 6.45) is 7.53. The highest BCUT2D eigenvalue weighted by Gasteiger charge is 2.38. The molecule has 1 fully saturated rings. The van der Waals surface area contributed by atoms with Crippen LogP contribution in [0.25, 0.3) is 0 Å². The average molecular weight is 313 g/mol. The molecule has 2 aromatic rings. The summed E-state index contributed by atoms with van der Waals surface area (Å²) in [5.41, 5.74) is 0.0954. The standard InChI is InChI=1S/C18H23N3O2/c22-17(18(23)9-4-5-10-18)20-14-16-19-11-13-21(16)12-8-15-6-2-1-3-7-15/h1-3,6-7,11,13,23H,4-5,8-10,12,14H2,(H,20,22). The zero-order valence-corrected chi connectivity index (χ0v) is 13.2. The van der Waals surface area contributed by atoms with Crippen LogP contribution in [-0.4, -0.2) is 26.2 Å². The van der Waals surface area contributed by atoms with E-state index in [9.17, 15) is 9.90 Å². The minimum absolute atomic E-state index is 0.271. The number of nitrogens with one attached hydrogen (secondary N) is 1. The van der Waals surface area contributed by atoms with Crippen molar-refractivity contribution < 1.29 is 9.90 Å². The predicted molar refractivity (Wildman–Crippen MR) is 87.6 cm³/mol. The molecule has 0 saturated heterocycles. The van der Waals surface area contributed by atoms with E-state index in [0.29, 0.717) is 19.4 Å². The van der Waals surface area contributed by atoms with Crippen molar-refractivity contribution in [3.05, 3.63) is 54.1 Å². The molecule has 1 aromatic carbocycles. The molecule has 5 nitrogen and oxygen atoms in total. The van der Waals surface area contributed by atoms with Crippen molar-refractivity contribution in [1.82, 2.24) is 14.9 Å². The number of nitrogens with zero attached hydrogens (tertiary/aromatic N) is 2. The van der Waals surface area contributed by atoms with Crippen LogP contribution in [0.1, 0.15) is 37.1 Å². The summed E-state index contributed by atoms with van der Waals surface area (Å²) in [5, 5.41) is 13.1. The lowest BCUT2D eigenvalue weighted by atomic mass is 10.0. The molecule has 1 heterocycles. The fraction of sp³-hybridized carbons (Fsp3) is 0.444. The van der Waals surface area contributed by atoms with Gasteiger partial charge in [0.15, 0.2) is 0 Å². The number of imidazole rings is 1. The number of benzene rings is 1. The Bertz CT molecular complexity index is 645. The van der Waals surface area contributed by atoms with Gasteiger partial charge in [0.05, 0.1) is 6.54 Å². The van der Waals surface area contributed by atoms with Crippen molar-refractivity contribution in [2.45, 2.75) is 50.8 Å². The maximum absolute atomic E-state index is 12.2. The van der Waals surface area contributed by atoms with Crippen LogP contribution in [0.3, 0.4) is 0 Å². The van der Waals surface area contributed by atoms with Crippen molar-refractivity contribution in [2.24, 2.45) is 0 Å². The second kappa shape index (κ2) is 6.96. The number of carbonyl (C=O) groups excluding carboxylic acids is 1. The highest BCUT2D eigenvalue weighted by atomic mass is 16.3. The fourth-order valence-corrected chi connectivity index (χ4v) is 3.12. The number of aliphatic hydroxyl groups is 1. The van der Waals surface area contributed by atoms with Crippen LogP contribution < -0.4 is 5.32 Å². The Balaban J connectivity index is 1.55. The molecule has 3 rings (SSSR count). The largest absolute Gasteiger partial charge is 0.380 e. The lowest BCUT2D eigenvalue weighted by molar-refractivity contribution is -0.139. The lowest BCUT2D eigenvalue weighted by Crippen LogP contribution is -2.44. The van der Waals surface area contributed by atoms with Crippen molar-refractivity contribution in [2.75, 3.05) is 0 Å². The summed E-state index contributed by atoms with van der Waals surface area (Å²) in [6, 6.07) is 10.3. The smallest absolute Gasteiger partial charge is 0.252 e. The van der Waals surface area contributed by atoms with Crippen LogP contribution in [0, 0.1) is 0 Å². The average Bonchev–Trinajstić information content (AvgIpc) is 3.21. The molecule has 1 saturated carbocycles. The van der Waals surface area contributed by atoms with Crippen LogP contribution in [0.5, 0.6) is 0 Å². The van der Waals surface area contributed by atoms with Gasteiger partial charge in [-0.05, 0) is 37.7 Å². The van der Waals surface area contributed by atoms with E-state index in [4.69, 9.17) is 0 Å². The fourth-order valence-electron chi connectivity index (χ4n) is 3.12. The zero-order valence-electron chi connectivity index (χ0n) is 13.2. The number of hydrogen-bond acceptors (Lipinski definition) is 3. The summed E-state index contributed by atoms with van der Waals surface area (Å²) in [7, 11) is 0. The number of carbonyl (C=O) groups is 1. The SMILES string of the molecule is O=C(NCc1nccn1CCc1ccccc1)C1(O)CCCC1. The van der Waals surface area contributed by atoms with Crippen LogP contribution in [0.4, 0.5) is 0 Å². The molecule has 0 radical (unpaired) electrons. The highest BCUT2D eigenvalue weighted by Crippen LogP contribution is 2.29. The Labute approximate surface area is 136 Å². The summed E-state index contributed by atoms with van der Waals surface area (Å²) < 4.78 is 2.05. The minimum atomic E-state index is -1.18. The van der Waals surface area contributed by atoms with Crippen LogP contribution >= 0.6 is 0 Å². The monoisotopic (exact) mass is 313 g/mol. The van der Waals surface area contributed by atoms with Gasteiger partial charge in [0.2, 0.25) is 0 Å². The molecule has 23 heavy (non-hydrogen) atoms. The maximum Gasteiger partial charge on any atom is 0.252 e. The third-order valence-corrected chi connectivity index (χ3v) is 4.55. The lowest BCUT2D eigenvalue weighted by Gasteiger charge is -2.21. The number of aromatic nitrogens is 2. The molecular weight excluding hydrogens is 290 g/mol. The van der Waals surface area contributed by atoms with E-state index in [1.165, 1.54) is 5.56 Å². The maximum atomic E-state index is 12.2. The Morgan fingerprint density at radius 2 is 2.00 bits per heavy atom. The Kier molecular flexibility index (Phi) is 4.76. The third kappa shape index (κ3) is 3.79. The highest BCUT2D eigenvalue weighted by molar-refractivity contribution is 5.85. The zero-order chi connectivity index (χ0) is 16.1. The molecule has 1 aliphatic carbocycles. The Morgan fingerprint density at radius 1 is 1.26 bits per heavy atom. The topological polar surface area (TPSA) is 67.2 Å². The van der Waals surface area contributed by atoms with Gasteiger partial charge in [0.1, 0.15) is 11.4 Å². The molecule has 122 valence electrons. The van der Waals surface area contributed by atoms with E-state index >= 15 is 0 Å². The summed E-state index contributed by atoms with van der Waals surface area (Å²) in [4.78, 5) is 16.5. The number of rotatable bonds is 6. The second-order valence-corrected chi connectivity index (χ2v) is 6.19. The van der Waals surface area contributed by atoms with Crippen molar-refractivity contribution in [3.8, 4) is 0 Å². The Morgan fingerprint density at radius 3 is 2.74 bits per heavy atom. The molecule has 0 bridgehead atoms. The summed E-state index contributed by atoms with van der Waals surface area (Å²) in [5.74, 6) is 0.545. The molecule has 1 aliphatic rings. The molecular formula is C18H23N3O2. The van der Waals surface area contributed by atoms with Crippen molar-refractivity contribution in [1.29, 1.82) is 0 Å². The number of amides is 1. The van der Waals surface area contributed by atoms with Crippen LogP contribution in [0.15, 0.2) is 42.7 Å². The van der Waals surface area contributed by atoms with Gasteiger partial charge < -0.3 is 15.0 Å². The first-order valence-corrected chi connectivity index (χ1v) is 8.22. The molecule has 1 aromatic heterocycles. The van der Waals surface area contributed by atoms with E-state index in [1.807, 2.05) is 29.0 Å². The number of hydrogen-bond donors (Lipinski definition) is 2. The molecule has 1 amide bonds. The van der Waals surface area contributed by atoms with Crippen molar-refractivity contribution >= 4 is 5.91 Å². The van der Waals surface area contributed by atoms with Crippen LogP contribution in [-0.2, 0) is 24.3 Å². The van der Waals surface area contributed by atoms with Gasteiger partial charge in [-0.15, -0.1) is 0 Å². The van der Waals surface area contributed by atoms with Gasteiger partial charge in [0, 0.05) is 18.9 Å². The molecule has 5 heteroatoms. The van der Waals surface area contributed by atoms with Crippen LogP contribution in [0.2, 0.25) is 0 Å². The van der Waals surface area contributed by atoms with Crippen molar-refractivity contribution in [3.63, 3.8) is 0 Å². The van der Waals surface area contributed by atoms with E-state index in [1.54, 1.807) is 6.20 Å². The Hall–Kier alpha value is -2.14. The molecule has 2 N–H and O–H groups in total. The third-order valence-electron chi connectivity index (χ3n) is 4.55. The van der Waals surface area contributed by atoms with E-state index < -0.39 is 5.60 Å². The van der Waals surface area contributed by atoms with Gasteiger partial charge in [0.25, 0.3) is 5.91 Å². The molecule has 0 aliphatic heterocycles. The van der Waals surface area contributed by atoms with Gasteiger partial charge in [-0.3, -0.25) is 4.79 Å². The van der Waals surface area contributed by atoms with E-state index in [0.717, 1.165) is 31.6 Å². The first kappa shape index (κ1) is 15.7. The minimum Gasteiger partial charge on any atom is -0.380 e.